The minimum absolute atomic E-state index is 0.0794. The fraction of sp³-hybridized carbons (Fsp3) is 0.227. The number of benzene rings is 2. The van der Waals surface area contributed by atoms with E-state index in [2.05, 4.69) is 15.3 Å². The molecule has 1 atom stereocenters. The number of H-pyrrole nitrogens is 1. The molecule has 0 spiro atoms. The molecule has 2 aromatic carbocycles. The molecule has 0 bridgehead atoms. The topological polar surface area (TPSA) is 106 Å². The molecular weight excluding hydrogens is 366 g/mol. The van der Waals surface area contributed by atoms with Gasteiger partial charge in [0.2, 0.25) is 0 Å². The average molecular weight is 390 g/mol. The van der Waals surface area contributed by atoms with E-state index in [4.69, 9.17) is 0 Å². The van der Waals surface area contributed by atoms with Crippen molar-refractivity contribution in [3.05, 3.63) is 65.2 Å². The number of hydrogen-bond acceptors (Lipinski definition) is 4. The molecule has 3 rings (SSSR count). The maximum absolute atomic E-state index is 12.4. The van der Waals surface area contributed by atoms with Gasteiger partial charge in [-0.3, -0.25) is 4.79 Å². The van der Waals surface area contributed by atoms with Gasteiger partial charge in [0.15, 0.2) is 18.1 Å². The summed E-state index contributed by atoms with van der Waals surface area (Å²) in [4.78, 5) is 20.6. The number of aryl methyl sites for hydroxylation is 2. The fourth-order valence-electron chi connectivity index (χ4n) is 3.23. The molecule has 1 heterocycles. The highest BCUT2D eigenvalue weighted by Crippen LogP contribution is 2.19. The number of nitrogens with one attached hydrogen (secondary N) is 3. The van der Waals surface area contributed by atoms with E-state index in [1.165, 1.54) is 0 Å². The molecule has 1 amide bonds. The van der Waals surface area contributed by atoms with E-state index in [0.29, 0.717) is 5.82 Å². The van der Waals surface area contributed by atoms with Crippen molar-refractivity contribution in [2.45, 2.75) is 13.8 Å². The summed E-state index contributed by atoms with van der Waals surface area (Å²) in [6.45, 7) is 4.16. The summed E-state index contributed by atoms with van der Waals surface area (Å²) in [6.07, 6.45) is 0. The number of rotatable bonds is 6. The normalized spacial score (nSPS) is 12.9. The molecule has 0 saturated heterocycles. The number of amides is 1. The fourth-order valence-corrected chi connectivity index (χ4v) is 3.23. The molecule has 148 valence electrons. The number of hydrogen-bond donors (Lipinski definition) is 4. The van der Waals surface area contributed by atoms with Crippen molar-refractivity contribution >= 4 is 28.2 Å². The molecule has 0 saturated carbocycles. The minimum Gasteiger partial charge on any atom is -0.506 e. The lowest BCUT2D eigenvalue weighted by atomic mass is 10.1. The van der Waals surface area contributed by atoms with Crippen molar-refractivity contribution in [1.29, 1.82) is 5.26 Å². The molecule has 7 nitrogen and oxygen atoms in total. The number of aromatic nitrogens is 2. The number of likely N-dealkylation sites (N-methyl/N-ethyl adjacent to an activating group) is 1. The zero-order chi connectivity index (χ0) is 21.0. The van der Waals surface area contributed by atoms with Gasteiger partial charge >= 0.3 is 0 Å². The first-order valence-electron chi connectivity index (χ1n) is 9.33. The van der Waals surface area contributed by atoms with E-state index in [-0.39, 0.29) is 30.3 Å². The molecule has 3 aromatic rings. The zero-order valence-corrected chi connectivity index (χ0v) is 16.7. The number of carbonyl (C=O) groups is 1. The van der Waals surface area contributed by atoms with E-state index >= 15 is 0 Å². The number of allylic oxidation sites excluding steroid dienone is 1. The van der Waals surface area contributed by atoms with E-state index in [9.17, 15) is 15.2 Å². The Kier molecular flexibility index (Phi) is 5.96. The molecule has 0 aliphatic heterocycles. The van der Waals surface area contributed by atoms with Crippen LogP contribution < -0.4 is 10.2 Å². The van der Waals surface area contributed by atoms with Crippen molar-refractivity contribution in [3.8, 4) is 6.07 Å². The van der Waals surface area contributed by atoms with Crippen molar-refractivity contribution < 1.29 is 14.8 Å². The van der Waals surface area contributed by atoms with Crippen LogP contribution in [-0.2, 0) is 4.79 Å². The van der Waals surface area contributed by atoms with Crippen LogP contribution >= 0.6 is 0 Å². The number of imidazole rings is 1. The van der Waals surface area contributed by atoms with Gasteiger partial charge in [0, 0.05) is 5.69 Å². The Morgan fingerprint density at radius 3 is 2.52 bits per heavy atom. The van der Waals surface area contributed by atoms with Crippen LogP contribution in [0, 0.1) is 25.2 Å². The number of aliphatic hydroxyl groups is 1. The summed E-state index contributed by atoms with van der Waals surface area (Å²) in [5.41, 5.74) is 4.39. The van der Waals surface area contributed by atoms with Gasteiger partial charge in [0.1, 0.15) is 18.2 Å². The van der Waals surface area contributed by atoms with Crippen LogP contribution in [0.2, 0.25) is 0 Å². The SMILES string of the molecule is Cc1cccc(C)c1NC(=O)C[NH+](C)C/C(O)=C(\C#N)c1nc2ccccc2[nH]1. The minimum atomic E-state index is -0.157. The van der Waals surface area contributed by atoms with Crippen LogP contribution in [0.5, 0.6) is 0 Å². The summed E-state index contributed by atoms with van der Waals surface area (Å²) in [6, 6.07) is 15.3. The Morgan fingerprint density at radius 2 is 1.86 bits per heavy atom. The lowest BCUT2D eigenvalue weighted by Gasteiger charge is -2.15. The van der Waals surface area contributed by atoms with Gasteiger partial charge < -0.3 is 20.3 Å². The maximum atomic E-state index is 12.4. The summed E-state index contributed by atoms with van der Waals surface area (Å²) >= 11 is 0. The summed E-state index contributed by atoms with van der Waals surface area (Å²) in [5.74, 6) is 0.0536. The molecule has 0 aliphatic carbocycles. The molecule has 1 aromatic heterocycles. The number of nitriles is 1. The van der Waals surface area contributed by atoms with Crippen LogP contribution in [-0.4, -0.2) is 41.1 Å². The van der Waals surface area contributed by atoms with Crippen LogP contribution in [0.15, 0.2) is 48.2 Å². The molecule has 1 unspecified atom stereocenters. The Morgan fingerprint density at radius 1 is 1.17 bits per heavy atom. The Balaban J connectivity index is 1.70. The molecule has 0 aliphatic rings. The van der Waals surface area contributed by atoms with Gasteiger partial charge in [-0.1, -0.05) is 30.3 Å². The smallest absolute Gasteiger partial charge is 0.279 e. The van der Waals surface area contributed by atoms with Crippen LogP contribution in [0.25, 0.3) is 16.6 Å². The molecular formula is C22H24N5O2+. The number of aromatic amines is 1. The van der Waals surface area contributed by atoms with E-state index in [1.807, 2.05) is 62.4 Å². The number of quaternary nitrogens is 1. The Bertz CT molecular complexity index is 1070. The van der Waals surface area contributed by atoms with Gasteiger partial charge in [-0.05, 0) is 37.1 Å². The highest BCUT2D eigenvalue weighted by molar-refractivity contribution is 5.93. The first-order valence-corrected chi connectivity index (χ1v) is 9.33. The van der Waals surface area contributed by atoms with E-state index < -0.39 is 0 Å². The Labute approximate surface area is 169 Å². The average Bonchev–Trinajstić information content (AvgIpc) is 3.08. The number of nitrogens with zero attached hydrogens (tertiary/aromatic N) is 2. The summed E-state index contributed by atoms with van der Waals surface area (Å²) < 4.78 is 0. The molecule has 0 radical (unpaired) electrons. The highest BCUT2D eigenvalue weighted by Gasteiger charge is 2.18. The second-order valence-corrected chi connectivity index (χ2v) is 7.16. The molecule has 4 N–H and O–H groups in total. The van der Waals surface area contributed by atoms with Crippen molar-refractivity contribution in [2.75, 3.05) is 25.5 Å². The van der Waals surface area contributed by atoms with Crippen LogP contribution in [0.1, 0.15) is 17.0 Å². The number of carbonyl (C=O) groups excluding carboxylic acids is 1. The predicted molar refractivity (Wildman–Crippen MR) is 112 cm³/mol. The van der Waals surface area contributed by atoms with Gasteiger partial charge in [-0.2, -0.15) is 5.26 Å². The van der Waals surface area contributed by atoms with Crippen molar-refractivity contribution in [1.82, 2.24) is 9.97 Å². The second-order valence-electron chi connectivity index (χ2n) is 7.16. The predicted octanol–water partition coefficient (Wildman–Crippen LogP) is 2.13. The summed E-state index contributed by atoms with van der Waals surface area (Å²) in [7, 11) is 1.79. The molecule has 29 heavy (non-hydrogen) atoms. The van der Waals surface area contributed by atoms with Crippen molar-refractivity contribution in [2.24, 2.45) is 0 Å². The lowest BCUT2D eigenvalue weighted by molar-refractivity contribution is -0.867. The third-order valence-electron chi connectivity index (χ3n) is 4.70. The second kappa shape index (κ2) is 8.59. The van der Waals surface area contributed by atoms with E-state index in [0.717, 1.165) is 32.7 Å². The standard InChI is InChI=1S/C22H23N5O2/c1-14-7-6-8-15(2)21(14)26-20(29)13-27(3)12-19(28)16(11-23)22-24-17-9-4-5-10-18(17)25-22/h4-10,28H,12-13H2,1-3H3,(H,24,25)(H,26,29)/p+1/b19-16-. The van der Waals surface area contributed by atoms with Gasteiger partial charge in [-0.25, -0.2) is 4.98 Å². The third kappa shape index (κ3) is 4.62. The monoisotopic (exact) mass is 390 g/mol. The highest BCUT2D eigenvalue weighted by atomic mass is 16.3. The van der Waals surface area contributed by atoms with Crippen LogP contribution in [0.3, 0.4) is 0 Å². The van der Waals surface area contributed by atoms with Gasteiger partial charge in [-0.15, -0.1) is 0 Å². The number of aliphatic hydroxyl groups excluding tert-OH is 1. The first kappa shape index (κ1) is 20.1. The quantitative estimate of drug-likeness (QED) is 0.382. The van der Waals surface area contributed by atoms with Crippen molar-refractivity contribution in [3.63, 3.8) is 0 Å². The maximum Gasteiger partial charge on any atom is 0.279 e. The first-order chi connectivity index (χ1) is 13.9. The van der Waals surface area contributed by atoms with E-state index in [1.54, 1.807) is 7.05 Å². The number of anilines is 1. The van der Waals surface area contributed by atoms with Crippen LogP contribution in [0.4, 0.5) is 5.69 Å². The number of fused-ring (bicyclic) bond motifs is 1. The largest absolute Gasteiger partial charge is 0.506 e. The number of para-hydroxylation sites is 3. The van der Waals surface area contributed by atoms with Gasteiger partial charge in [0.25, 0.3) is 5.91 Å². The zero-order valence-electron chi connectivity index (χ0n) is 16.7. The lowest BCUT2D eigenvalue weighted by Crippen LogP contribution is -3.10. The molecule has 0 fully saturated rings. The van der Waals surface area contributed by atoms with Gasteiger partial charge in [0.05, 0.1) is 18.1 Å². The molecule has 7 heteroatoms. The third-order valence-corrected chi connectivity index (χ3v) is 4.70. The summed E-state index contributed by atoms with van der Waals surface area (Å²) in [5, 5.41) is 22.9. The Hall–Kier alpha value is -3.63.